The first-order valence-electron chi connectivity index (χ1n) is 13.4. The van der Waals surface area contributed by atoms with Crippen molar-refractivity contribution in [2.45, 2.75) is 0 Å². The molecule has 2 heterocycles. The molecule has 0 spiro atoms. The summed E-state index contributed by atoms with van der Waals surface area (Å²) < 4.78 is 4.81. The molecule has 4 heteroatoms. The topological polar surface area (TPSA) is 30.7 Å². The van der Waals surface area contributed by atoms with Gasteiger partial charge >= 0.3 is 0 Å². The maximum Gasteiger partial charge on any atom is 0.169 e. The lowest BCUT2D eigenvalue weighted by atomic mass is 9.94. The van der Waals surface area contributed by atoms with Crippen LogP contribution in [0.3, 0.4) is 0 Å². The fourth-order valence-corrected chi connectivity index (χ4v) is 6.97. The Morgan fingerprint density at radius 3 is 1.82 bits per heavy atom. The molecule has 0 aliphatic carbocycles. The summed E-state index contributed by atoms with van der Waals surface area (Å²) in [7, 11) is 0. The zero-order valence-corrected chi connectivity index (χ0v) is 22.3. The molecule has 0 aliphatic heterocycles. The van der Waals surface area contributed by atoms with Crippen LogP contribution in [-0.4, -0.2) is 14.8 Å². The van der Waals surface area contributed by atoms with Gasteiger partial charge in [-0.3, -0.25) is 4.57 Å². The molecule has 0 unspecified atom stereocenters. The third kappa shape index (κ3) is 3.58. The van der Waals surface area contributed by atoms with Gasteiger partial charge in [0.1, 0.15) is 0 Å². The Morgan fingerprint density at radius 2 is 1.02 bits per heavy atom. The zero-order chi connectivity index (χ0) is 26.5. The SMILES string of the molecule is c1ccc(-c2nnc(-c3ccc(-c4cccc5c4sc4ccccc45)c4ccccc34)n2-c2ccccc2)cc1. The highest BCUT2D eigenvalue weighted by Crippen LogP contribution is 2.43. The Kier molecular flexibility index (Phi) is 5.32. The van der Waals surface area contributed by atoms with E-state index in [9.17, 15) is 0 Å². The number of hydrogen-bond donors (Lipinski definition) is 0. The predicted octanol–water partition coefficient (Wildman–Crippen LogP) is 9.79. The number of fused-ring (bicyclic) bond motifs is 4. The van der Waals surface area contributed by atoms with Crippen LogP contribution in [-0.2, 0) is 0 Å². The van der Waals surface area contributed by atoms with E-state index < -0.39 is 0 Å². The van der Waals surface area contributed by atoms with Crippen molar-refractivity contribution in [1.29, 1.82) is 0 Å². The molecule has 0 aliphatic rings. The van der Waals surface area contributed by atoms with Crippen LogP contribution in [0.5, 0.6) is 0 Å². The van der Waals surface area contributed by atoms with E-state index in [1.165, 1.54) is 36.7 Å². The summed E-state index contributed by atoms with van der Waals surface area (Å²) >= 11 is 1.87. The fourth-order valence-electron chi connectivity index (χ4n) is 5.74. The zero-order valence-electron chi connectivity index (χ0n) is 21.5. The maximum atomic E-state index is 4.79. The molecule has 188 valence electrons. The van der Waals surface area contributed by atoms with Crippen molar-refractivity contribution in [3.8, 4) is 39.6 Å². The molecule has 3 nitrogen and oxygen atoms in total. The molecule has 2 aromatic heterocycles. The summed E-state index contributed by atoms with van der Waals surface area (Å²) in [5, 5.41) is 14.5. The highest BCUT2D eigenvalue weighted by molar-refractivity contribution is 7.26. The van der Waals surface area contributed by atoms with Crippen molar-refractivity contribution < 1.29 is 0 Å². The Hall–Kier alpha value is -5.06. The van der Waals surface area contributed by atoms with Crippen molar-refractivity contribution >= 4 is 42.3 Å². The van der Waals surface area contributed by atoms with Crippen molar-refractivity contribution in [2.24, 2.45) is 0 Å². The molecule has 0 radical (unpaired) electrons. The molecular weight excluding hydrogens is 506 g/mol. The number of para-hydroxylation sites is 1. The number of rotatable bonds is 4. The van der Waals surface area contributed by atoms with E-state index >= 15 is 0 Å². The Morgan fingerprint density at radius 1 is 0.425 bits per heavy atom. The summed E-state index contributed by atoms with van der Waals surface area (Å²) in [4.78, 5) is 0. The van der Waals surface area contributed by atoms with Gasteiger partial charge in [0.05, 0.1) is 0 Å². The average molecular weight is 530 g/mol. The highest BCUT2D eigenvalue weighted by Gasteiger charge is 2.20. The molecule has 0 N–H and O–H groups in total. The first-order valence-corrected chi connectivity index (χ1v) is 14.2. The monoisotopic (exact) mass is 529 g/mol. The van der Waals surface area contributed by atoms with E-state index in [1.54, 1.807) is 0 Å². The Bertz CT molecular complexity index is 2160. The molecule has 0 atom stereocenters. The standard InChI is InChI=1S/C36H23N3S/c1-3-12-24(13-4-1)35-37-38-36(39(35)25-14-5-2-6-15-25)32-23-22-28(26-16-7-8-17-27(26)32)30-19-11-20-31-29-18-9-10-21-33(29)40-34(30)31/h1-23H. The lowest BCUT2D eigenvalue weighted by Gasteiger charge is -2.15. The van der Waals surface area contributed by atoms with Crippen LogP contribution >= 0.6 is 11.3 Å². The van der Waals surface area contributed by atoms with Gasteiger partial charge in [-0.15, -0.1) is 21.5 Å². The minimum atomic E-state index is 0.824. The molecule has 8 aromatic rings. The van der Waals surface area contributed by atoms with E-state index in [-0.39, 0.29) is 0 Å². The Labute approximate surface area is 235 Å². The quantitative estimate of drug-likeness (QED) is 0.227. The van der Waals surface area contributed by atoms with E-state index in [1.807, 2.05) is 35.6 Å². The van der Waals surface area contributed by atoms with Crippen LogP contribution in [0.4, 0.5) is 0 Å². The van der Waals surface area contributed by atoms with Crippen molar-refractivity contribution in [2.75, 3.05) is 0 Å². The second-order valence-electron chi connectivity index (χ2n) is 9.87. The minimum Gasteiger partial charge on any atom is -0.275 e. The largest absolute Gasteiger partial charge is 0.275 e. The summed E-state index contributed by atoms with van der Waals surface area (Å²) in [6.45, 7) is 0. The van der Waals surface area contributed by atoms with Crippen LogP contribution in [0.15, 0.2) is 140 Å². The van der Waals surface area contributed by atoms with E-state index in [0.29, 0.717) is 0 Å². The van der Waals surface area contributed by atoms with Crippen molar-refractivity contribution in [1.82, 2.24) is 14.8 Å². The predicted molar refractivity (Wildman–Crippen MR) is 168 cm³/mol. The third-order valence-electron chi connectivity index (χ3n) is 7.57. The smallest absolute Gasteiger partial charge is 0.169 e. The van der Waals surface area contributed by atoms with Crippen LogP contribution in [0.1, 0.15) is 0 Å². The van der Waals surface area contributed by atoms with Gasteiger partial charge < -0.3 is 0 Å². The number of benzene rings is 6. The first-order chi connectivity index (χ1) is 19.9. The molecule has 0 fully saturated rings. The molecule has 0 amide bonds. The van der Waals surface area contributed by atoms with Gasteiger partial charge in [0, 0.05) is 42.6 Å². The molecule has 40 heavy (non-hydrogen) atoms. The number of nitrogens with zero attached hydrogens (tertiary/aromatic N) is 3. The van der Waals surface area contributed by atoms with Crippen LogP contribution in [0.2, 0.25) is 0 Å². The molecule has 0 saturated heterocycles. The van der Waals surface area contributed by atoms with Gasteiger partial charge in [-0.1, -0.05) is 115 Å². The fraction of sp³-hybridized carbons (Fsp3) is 0. The Balaban J connectivity index is 1.38. The number of aromatic nitrogens is 3. The van der Waals surface area contributed by atoms with E-state index in [2.05, 4.69) is 120 Å². The van der Waals surface area contributed by atoms with Crippen molar-refractivity contribution in [3.05, 3.63) is 140 Å². The second-order valence-corrected chi connectivity index (χ2v) is 10.9. The van der Waals surface area contributed by atoms with Crippen molar-refractivity contribution in [3.63, 3.8) is 0 Å². The minimum absolute atomic E-state index is 0.824. The lowest BCUT2D eigenvalue weighted by molar-refractivity contribution is 1.07. The first kappa shape index (κ1) is 22.9. The van der Waals surface area contributed by atoms with Crippen LogP contribution < -0.4 is 0 Å². The van der Waals surface area contributed by atoms with E-state index in [0.717, 1.165) is 33.8 Å². The molecule has 6 aromatic carbocycles. The maximum absolute atomic E-state index is 4.79. The molecule has 8 rings (SSSR count). The summed E-state index contributed by atoms with van der Waals surface area (Å²) in [6.07, 6.45) is 0. The number of hydrogen-bond acceptors (Lipinski definition) is 3. The van der Waals surface area contributed by atoms with Gasteiger partial charge in [0.2, 0.25) is 0 Å². The van der Waals surface area contributed by atoms with Gasteiger partial charge in [-0.05, 0) is 40.6 Å². The second kappa shape index (κ2) is 9.30. The van der Waals surface area contributed by atoms with Gasteiger partial charge in [0.15, 0.2) is 11.6 Å². The average Bonchev–Trinajstić information content (AvgIpc) is 3.64. The van der Waals surface area contributed by atoms with E-state index in [4.69, 9.17) is 10.2 Å². The third-order valence-corrected chi connectivity index (χ3v) is 8.79. The lowest BCUT2D eigenvalue weighted by Crippen LogP contribution is -2.00. The van der Waals surface area contributed by atoms with Gasteiger partial charge in [-0.25, -0.2) is 0 Å². The van der Waals surface area contributed by atoms with Crippen LogP contribution in [0.25, 0.3) is 70.5 Å². The molecule has 0 bridgehead atoms. The number of thiophene rings is 1. The van der Waals surface area contributed by atoms with Crippen LogP contribution in [0, 0.1) is 0 Å². The van der Waals surface area contributed by atoms with Gasteiger partial charge in [-0.2, -0.15) is 0 Å². The summed E-state index contributed by atoms with van der Waals surface area (Å²) in [6, 6.07) is 49.1. The molecule has 0 saturated carbocycles. The summed E-state index contributed by atoms with van der Waals surface area (Å²) in [5.41, 5.74) is 5.61. The summed E-state index contributed by atoms with van der Waals surface area (Å²) in [5.74, 6) is 1.65. The van der Waals surface area contributed by atoms with Gasteiger partial charge in [0.25, 0.3) is 0 Å². The normalized spacial score (nSPS) is 11.5. The highest BCUT2D eigenvalue weighted by atomic mass is 32.1. The molecular formula is C36H23N3S.